The number of ether oxygens (including phenoxy) is 1. The molecule has 1 atom stereocenters. The van der Waals surface area contributed by atoms with Gasteiger partial charge in [-0.2, -0.15) is 0 Å². The lowest BCUT2D eigenvalue weighted by Gasteiger charge is -2.16. The van der Waals surface area contributed by atoms with Crippen molar-refractivity contribution in [3.63, 3.8) is 0 Å². The second kappa shape index (κ2) is 6.77. The van der Waals surface area contributed by atoms with Crippen molar-refractivity contribution >= 4 is 0 Å². The average Bonchev–Trinajstić information content (AvgIpc) is 2.26. The minimum Gasteiger partial charge on any atom is -0.374 e. The van der Waals surface area contributed by atoms with Crippen molar-refractivity contribution in [2.45, 2.75) is 53.4 Å². The molecule has 0 fully saturated rings. The number of hydrogen-bond acceptors (Lipinski definition) is 2. The van der Waals surface area contributed by atoms with Crippen molar-refractivity contribution in [3.8, 4) is 0 Å². The summed E-state index contributed by atoms with van der Waals surface area (Å²) >= 11 is 0. The fraction of sp³-hybridized carbons (Fsp3) is 0.600. The molecule has 1 aromatic rings. The highest BCUT2D eigenvalue weighted by molar-refractivity contribution is 5.30. The van der Waals surface area contributed by atoms with Gasteiger partial charge in [-0.25, -0.2) is 0 Å². The van der Waals surface area contributed by atoms with Crippen LogP contribution >= 0.6 is 0 Å². The zero-order chi connectivity index (χ0) is 12.8. The largest absolute Gasteiger partial charge is 0.374 e. The first kappa shape index (κ1) is 14.2. The van der Waals surface area contributed by atoms with Crippen LogP contribution in [0.15, 0.2) is 18.2 Å². The number of nitrogens with two attached hydrogens (primary N) is 1. The van der Waals surface area contributed by atoms with E-state index in [0.717, 1.165) is 6.42 Å². The van der Waals surface area contributed by atoms with E-state index >= 15 is 0 Å². The summed E-state index contributed by atoms with van der Waals surface area (Å²) in [5, 5.41) is 0. The molecule has 96 valence electrons. The lowest BCUT2D eigenvalue weighted by Crippen LogP contribution is -2.11. The first-order valence-electron chi connectivity index (χ1n) is 6.43. The van der Waals surface area contributed by atoms with Gasteiger partial charge in [0.25, 0.3) is 0 Å². The molecule has 0 aromatic heterocycles. The number of aryl methyl sites for hydroxylation is 1. The topological polar surface area (TPSA) is 35.2 Å². The molecule has 0 aliphatic rings. The summed E-state index contributed by atoms with van der Waals surface area (Å²) in [4.78, 5) is 0. The van der Waals surface area contributed by atoms with Gasteiger partial charge in [-0.1, -0.05) is 32.0 Å². The molecule has 2 nitrogen and oxygen atoms in total. The maximum atomic E-state index is 5.86. The van der Waals surface area contributed by atoms with E-state index in [-0.39, 0.29) is 0 Å². The quantitative estimate of drug-likeness (QED) is 0.820. The third-order valence-electron chi connectivity index (χ3n) is 2.97. The van der Waals surface area contributed by atoms with Gasteiger partial charge in [-0.3, -0.25) is 0 Å². The molecule has 17 heavy (non-hydrogen) atoms. The summed E-state index contributed by atoms with van der Waals surface area (Å²) < 4.78 is 5.86. The second-order valence-corrected chi connectivity index (χ2v) is 5.22. The fourth-order valence-corrected chi connectivity index (χ4v) is 2.01. The predicted molar refractivity (Wildman–Crippen MR) is 72.8 cm³/mol. The monoisotopic (exact) mass is 235 g/mol. The van der Waals surface area contributed by atoms with E-state index in [1.807, 2.05) is 0 Å². The van der Waals surface area contributed by atoms with E-state index in [2.05, 4.69) is 45.9 Å². The molecular weight excluding hydrogens is 210 g/mol. The van der Waals surface area contributed by atoms with Gasteiger partial charge in [-0.05, 0) is 42.9 Å². The van der Waals surface area contributed by atoms with Gasteiger partial charge >= 0.3 is 0 Å². The zero-order valence-electron chi connectivity index (χ0n) is 11.5. The standard InChI is InChI=1S/C15H25NO/c1-11(2)7-13(4)17-10-15-6-5-14(9-16)8-12(15)3/h5-6,8,11,13H,7,9-10,16H2,1-4H3. The number of rotatable bonds is 6. The van der Waals surface area contributed by atoms with Crippen LogP contribution < -0.4 is 5.73 Å². The van der Waals surface area contributed by atoms with Gasteiger partial charge in [0.05, 0.1) is 12.7 Å². The SMILES string of the molecule is Cc1cc(CN)ccc1COC(C)CC(C)C. The van der Waals surface area contributed by atoms with E-state index in [4.69, 9.17) is 10.5 Å². The van der Waals surface area contributed by atoms with E-state index in [1.165, 1.54) is 16.7 Å². The molecule has 0 spiro atoms. The summed E-state index contributed by atoms with van der Waals surface area (Å²) in [6.45, 7) is 10.0. The number of benzene rings is 1. The molecule has 1 aromatic carbocycles. The van der Waals surface area contributed by atoms with E-state index in [1.54, 1.807) is 0 Å². The highest BCUT2D eigenvalue weighted by Gasteiger charge is 2.06. The van der Waals surface area contributed by atoms with Crippen LogP contribution in [0, 0.1) is 12.8 Å². The van der Waals surface area contributed by atoms with Crippen LogP contribution in [-0.4, -0.2) is 6.10 Å². The zero-order valence-corrected chi connectivity index (χ0v) is 11.5. The summed E-state index contributed by atoms with van der Waals surface area (Å²) in [6.07, 6.45) is 1.43. The molecule has 2 N–H and O–H groups in total. The van der Waals surface area contributed by atoms with Crippen molar-refractivity contribution in [1.82, 2.24) is 0 Å². The second-order valence-electron chi connectivity index (χ2n) is 5.22. The first-order valence-corrected chi connectivity index (χ1v) is 6.43. The summed E-state index contributed by atoms with van der Waals surface area (Å²) in [5.41, 5.74) is 9.33. The van der Waals surface area contributed by atoms with Crippen molar-refractivity contribution in [3.05, 3.63) is 34.9 Å². The van der Waals surface area contributed by atoms with Gasteiger partial charge in [0.2, 0.25) is 0 Å². The van der Waals surface area contributed by atoms with Crippen LogP contribution in [0.5, 0.6) is 0 Å². The summed E-state index contributed by atoms with van der Waals surface area (Å²) in [5.74, 6) is 0.686. The minimum absolute atomic E-state index is 0.323. The molecule has 0 saturated carbocycles. The Hall–Kier alpha value is -0.860. The Labute approximate surface area is 105 Å². The minimum atomic E-state index is 0.323. The Morgan fingerprint density at radius 1 is 1.24 bits per heavy atom. The smallest absolute Gasteiger partial charge is 0.0723 e. The normalized spacial score (nSPS) is 13.1. The van der Waals surface area contributed by atoms with Crippen LogP contribution in [-0.2, 0) is 17.9 Å². The Balaban J connectivity index is 2.51. The molecule has 1 unspecified atom stereocenters. The number of hydrogen-bond donors (Lipinski definition) is 1. The maximum Gasteiger partial charge on any atom is 0.0723 e. The third-order valence-corrected chi connectivity index (χ3v) is 2.97. The van der Waals surface area contributed by atoms with Crippen LogP contribution in [0.1, 0.15) is 43.9 Å². The molecule has 2 heteroatoms. The molecule has 0 saturated heterocycles. The Bertz CT molecular complexity index is 347. The van der Waals surface area contributed by atoms with E-state index in [0.29, 0.717) is 25.2 Å². The van der Waals surface area contributed by atoms with Crippen molar-refractivity contribution < 1.29 is 4.74 Å². The summed E-state index contributed by atoms with van der Waals surface area (Å²) in [7, 11) is 0. The summed E-state index contributed by atoms with van der Waals surface area (Å²) in [6, 6.07) is 6.35. The lowest BCUT2D eigenvalue weighted by molar-refractivity contribution is 0.0394. The van der Waals surface area contributed by atoms with Crippen LogP contribution in [0.3, 0.4) is 0 Å². The molecule has 0 amide bonds. The molecule has 0 aliphatic carbocycles. The van der Waals surface area contributed by atoms with Crippen molar-refractivity contribution in [2.24, 2.45) is 11.7 Å². The molecule has 0 aliphatic heterocycles. The van der Waals surface area contributed by atoms with Gasteiger partial charge in [0, 0.05) is 6.54 Å². The van der Waals surface area contributed by atoms with Crippen molar-refractivity contribution in [1.29, 1.82) is 0 Å². The van der Waals surface area contributed by atoms with E-state index < -0.39 is 0 Å². The third kappa shape index (κ3) is 4.88. The Morgan fingerprint density at radius 3 is 2.47 bits per heavy atom. The van der Waals surface area contributed by atoms with Crippen LogP contribution in [0.2, 0.25) is 0 Å². The van der Waals surface area contributed by atoms with Crippen LogP contribution in [0.25, 0.3) is 0 Å². The molecule has 0 bridgehead atoms. The fourth-order valence-electron chi connectivity index (χ4n) is 2.01. The molecule has 0 heterocycles. The molecule has 0 radical (unpaired) electrons. The first-order chi connectivity index (χ1) is 8.02. The van der Waals surface area contributed by atoms with E-state index in [9.17, 15) is 0 Å². The Kier molecular flexibility index (Phi) is 5.66. The van der Waals surface area contributed by atoms with Gasteiger partial charge in [0.15, 0.2) is 0 Å². The van der Waals surface area contributed by atoms with Crippen molar-refractivity contribution in [2.75, 3.05) is 0 Å². The maximum absolute atomic E-state index is 5.86. The predicted octanol–water partition coefficient (Wildman–Crippen LogP) is 3.40. The van der Waals surface area contributed by atoms with Gasteiger partial charge < -0.3 is 10.5 Å². The van der Waals surface area contributed by atoms with Crippen LogP contribution in [0.4, 0.5) is 0 Å². The molecular formula is C15H25NO. The average molecular weight is 235 g/mol. The molecule has 1 rings (SSSR count). The Morgan fingerprint density at radius 2 is 1.94 bits per heavy atom. The lowest BCUT2D eigenvalue weighted by atomic mass is 10.1. The van der Waals surface area contributed by atoms with Gasteiger partial charge in [0.1, 0.15) is 0 Å². The van der Waals surface area contributed by atoms with Gasteiger partial charge in [-0.15, -0.1) is 0 Å². The highest BCUT2D eigenvalue weighted by atomic mass is 16.5. The highest BCUT2D eigenvalue weighted by Crippen LogP contribution is 2.15.